The Morgan fingerprint density at radius 1 is 0.805 bits per heavy atom. The fourth-order valence-electron chi connectivity index (χ4n) is 5.09. The first-order valence-electron chi connectivity index (χ1n) is 14.3. The first-order chi connectivity index (χ1) is 19.7. The van der Waals surface area contributed by atoms with Gasteiger partial charge in [-0.15, -0.1) is 0 Å². The predicted molar refractivity (Wildman–Crippen MR) is 162 cm³/mol. The van der Waals surface area contributed by atoms with Crippen LogP contribution in [0.25, 0.3) is 11.1 Å². The first-order valence-corrected chi connectivity index (χ1v) is 14.3. The molecule has 0 aliphatic heterocycles. The number of ketones is 1. The van der Waals surface area contributed by atoms with Gasteiger partial charge in [-0.2, -0.15) is 0 Å². The van der Waals surface area contributed by atoms with Crippen molar-refractivity contribution >= 4 is 17.6 Å². The molecule has 0 saturated carbocycles. The van der Waals surface area contributed by atoms with Crippen molar-refractivity contribution in [1.29, 1.82) is 0 Å². The molecule has 3 aromatic carbocycles. The fourth-order valence-corrected chi connectivity index (χ4v) is 5.09. The smallest absolute Gasteiger partial charge is 0.244 e. The Hall–Kier alpha value is -3.81. The number of benzene rings is 3. The minimum atomic E-state index is -0.880. The van der Waals surface area contributed by atoms with E-state index in [1.54, 1.807) is 5.48 Å². The van der Waals surface area contributed by atoms with Crippen molar-refractivity contribution in [3.05, 3.63) is 96.1 Å². The Morgan fingerprint density at radius 3 is 1.95 bits per heavy atom. The average Bonchev–Trinajstić information content (AvgIpc) is 2.98. The van der Waals surface area contributed by atoms with Crippen molar-refractivity contribution in [3.8, 4) is 11.1 Å². The van der Waals surface area contributed by atoms with E-state index in [9.17, 15) is 14.4 Å². The SMILES string of the molecule is CC(C)CC(CC(=O)NO)C(=O)NC(C(=O)C(CCN(C)C)Cc1ccccc1)c1ccc(-c2ccccc2)cc1. The highest BCUT2D eigenvalue weighted by Gasteiger charge is 2.32. The molecule has 218 valence electrons. The first kappa shape index (κ1) is 31.7. The van der Waals surface area contributed by atoms with Crippen molar-refractivity contribution in [2.24, 2.45) is 17.8 Å². The molecule has 3 aromatic rings. The number of nitrogens with one attached hydrogen (secondary N) is 2. The van der Waals surface area contributed by atoms with E-state index in [0.717, 1.165) is 23.2 Å². The Morgan fingerprint density at radius 2 is 1.39 bits per heavy atom. The summed E-state index contributed by atoms with van der Waals surface area (Å²) < 4.78 is 0. The van der Waals surface area contributed by atoms with Gasteiger partial charge in [0.05, 0.1) is 0 Å². The second-order valence-electron chi connectivity index (χ2n) is 11.4. The van der Waals surface area contributed by atoms with Gasteiger partial charge in [0.2, 0.25) is 11.8 Å². The number of carbonyl (C=O) groups excluding carboxylic acids is 3. The third-order valence-corrected chi connectivity index (χ3v) is 7.26. The van der Waals surface area contributed by atoms with Gasteiger partial charge in [0.1, 0.15) is 6.04 Å². The summed E-state index contributed by atoms with van der Waals surface area (Å²) in [5.41, 5.74) is 5.46. The zero-order chi connectivity index (χ0) is 29.8. The van der Waals surface area contributed by atoms with Crippen LogP contribution in [0.5, 0.6) is 0 Å². The largest absolute Gasteiger partial charge is 0.342 e. The highest BCUT2D eigenvalue weighted by Crippen LogP contribution is 2.28. The van der Waals surface area contributed by atoms with Gasteiger partial charge in [-0.05, 0) is 68.1 Å². The minimum Gasteiger partial charge on any atom is -0.342 e. The van der Waals surface area contributed by atoms with Crippen LogP contribution >= 0.6 is 0 Å². The second-order valence-corrected chi connectivity index (χ2v) is 11.4. The van der Waals surface area contributed by atoms with E-state index in [1.807, 2.05) is 113 Å². The maximum atomic E-state index is 14.3. The van der Waals surface area contributed by atoms with Crippen LogP contribution in [0, 0.1) is 17.8 Å². The summed E-state index contributed by atoms with van der Waals surface area (Å²) >= 11 is 0. The topological polar surface area (TPSA) is 98.7 Å². The second kappa shape index (κ2) is 15.8. The summed E-state index contributed by atoms with van der Waals surface area (Å²) in [6, 6.07) is 26.7. The van der Waals surface area contributed by atoms with E-state index in [1.165, 1.54) is 0 Å². The number of hydrogen-bond acceptors (Lipinski definition) is 5. The molecule has 0 aromatic heterocycles. The van der Waals surface area contributed by atoms with Gasteiger partial charge in [0.15, 0.2) is 5.78 Å². The summed E-state index contributed by atoms with van der Waals surface area (Å²) in [4.78, 5) is 42.0. The minimum absolute atomic E-state index is 0.0635. The maximum Gasteiger partial charge on any atom is 0.244 e. The molecule has 2 amide bonds. The zero-order valence-corrected chi connectivity index (χ0v) is 24.5. The van der Waals surface area contributed by atoms with Gasteiger partial charge in [-0.25, -0.2) is 5.48 Å². The number of rotatable bonds is 15. The Bertz CT molecular complexity index is 1240. The lowest BCUT2D eigenvalue weighted by Crippen LogP contribution is -2.42. The van der Waals surface area contributed by atoms with E-state index in [0.29, 0.717) is 24.8 Å². The average molecular weight is 558 g/mol. The zero-order valence-electron chi connectivity index (χ0n) is 24.5. The number of carbonyl (C=O) groups is 3. The van der Waals surface area contributed by atoms with E-state index >= 15 is 0 Å². The third-order valence-electron chi connectivity index (χ3n) is 7.26. The number of hydrogen-bond donors (Lipinski definition) is 3. The van der Waals surface area contributed by atoms with Crippen LogP contribution < -0.4 is 10.8 Å². The maximum absolute atomic E-state index is 14.3. The normalized spacial score (nSPS) is 13.4. The molecule has 3 unspecified atom stereocenters. The summed E-state index contributed by atoms with van der Waals surface area (Å²) in [6.45, 7) is 4.67. The van der Waals surface area contributed by atoms with Crippen LogP contribution in [-0.2, 0) is 20.8 Å². The van der Waals surface area contributed by atoms with Crippen LogP contribution in [0.3, 0.4) is 0 Å². The number of nitrogens with zero attached hydrogens (tertiary/aromatic N) is 1. The molecule has 0 bridgehead atoms. The molecule has 3 atom stereocenters. The van der Waals surface area contributed by atoms with Crippen LogP contribution in [0.2, 0.25) is 0 Å². The summed E-state index contributed by atoms with van der Waals surface area (Å²) in [7, 11) is 3.96. The van der Waals surface area contributed by atoms with Gasteiger partial charge in [0.25, 0.3) is 0 Å². The van der Waals surface area contributed by atoms with E-state index in [4.69, 9.17) is 5.21 Å². The fraction of sp³-hybridized carbons (Fsp3) is 0.382. The molecule has 0 fully saturated rings. The lowest BCUT2D eigenvalue weighted by atomic mass is 9.85. The molecule has 0 heterocycles. The molecular formula is C34H43N3O4. The predicted octanol–water partition coefficient (Wildman–Crippen LogP) is 5.45. The van der Waals surface area contributed by atoms with E-state index in [2.05, 4.69) is 10.2 Å². The van der Waals surface area contributed by atoms with Gasteiger partial charge < -0.3 is 10.2 Å². The molecule has 41 heavy (non-hydrogen) atoms. The van der Waals surface area contributed by atoms with Crippen molar-refractivity contribution in [1.82, 2.24) is 15.7 Å². The molecule has 7 heteroatoms. The molecule has 0 aliphatic carbocycles. The quantitative estimate of drug-likeness (QED) is 0.171. The van der Waals surface area contributed by atoms with Gasteiger partial charge >= 0.3 is 0 Å². The monoisotopic (exact) mass is 557 g/mol. The third kappa shape index (κ3) is 9.95. The lowest BCUT2D eigenvalue weighted by molar-refractivity contribution is -0.136. The number of amides is 2. The Balaban J connectivity index is 1.97. The number of hydroxylamine groups is 1. The van der Waals surface area contributed by atoms with E-state index < -0.39 is 17.9 Å². The highest BCUT2D eigenvalue weighted by atomic mass is 16.5. The standard InChI is InChI=1S/C34H43N3O4/c1-24(2)21-30(23-31(38)36-41)34(40)35-32(28-17-15-27(16-18-28)26-13-9-6-10-14-26)33(39)29(19-20-37(3)4)22-25-11-7-5-8-12-25/h5-18,24,29-30,32,41H,19-23H2,1-4H3,(H,35,40)(H,36,38). The van der Waals surface area contributed by atoms with E-state index in [-0.39, 0.29) is 29.9 Å². The van der Waals surface area contributed by atoms with Gasteiger partial charge in [-0.3, -0.25) is 19.6 Å². The molecule has 0 spiro atoms. The highest BCUT2D eigenvalue weighted by molar-refractivity contribution is 5.93. The van der Waals surface area contributed by atoms with Crippen LogP contribution in [0.1, 0.15) is 50.3 Å². The molecular weight excluding hydrogens is 514 g/mol. The van der Waals surface area contributed by atoms with Crippen molar-refractivity contribution in [2.45, 2.75) is 45.6 Å². The Labute approximate surface area is 243 Å². The molecule has 3 rings (SSSR count). The summed E-state index contributed by atoms with van der Waals surface area (Å²) in [5, 5.41) is 12.1. The van der Waals surface area contributed by atoms with Gasteiger partial charge in [0, 0.05) is 18.3 Å². The van der Waals surface area contributed by atoms with Crippen LogP contribution in [0.15, 0.2) is 84.9 Å². The van der Waals surface area contributed by atoms with Crippen molar-refractivity contribution in [2.75, 3.05) is 20.6 Å². The summed E-state index contributed by atoms with van der Waals surface area (Å²) in [5.74, 6) is -1.94. The van der Waals surface area contributed by atoms with Crippen molar-refractivity contribution < 1.29 is 19.6 Å². The molecule has 0 saturated heterocycles. The molecule has 0 aliphatic rings. The number of Topliss-reactive ketones (excluding diaryl/α,β-unsaturated/α-hetero) is 1. The van der Waals surface area contributed by atoms with Crippen LogP contribution in [-0.4, -0.2) is 48.3 Å². The van der Waals surface area contributed by atoms with Crippen LogP contribution in [0.4, 0.5) is 0 Å². The molecule has 3 N–H and O–H groups in total. The summed E-state index contributed by atoms with van der Waals surface area (Å²) in [6.07, 6.45) is 1.48. The van der Waals surface area contributed by atoms with Crippen molar-refractivity contribution in [3.63, 3.8) is 0 Å². The molecule has 7 nitrogen and oxygen atoms in total. The van der Waals surface area contributed by atoms with Gasteiger partial charge in [-0.1, -0.05) is 98.8 Å². The Kier molecular flexibility index (Phi) is 12.3. The molecule has 0 radical (unpaired) electrons. The lowest BCUT2D eigenvalue weighted by Gasteiger charge is -2.27.